The zero-order valence-corrected chi connectivity index (χ0v) is 18.4. The standard InChI is InChI=1S/C24H24O4.C2H6/c1-26-22-14-21-19(23(27-2)24(22)28-3)11-10-18(25)13-20(21)17-9-8-15-6-4-5-7-16(15)12-17;1-2/h4-9,12-14,18,25H,10-11H2,1-3H3;1-2H3. The van der Waals surface area contributed by atoms with Crippen LogP contribution in [-0.4, -0.2) is 32.5 Å². The molecular formula is C26H30O4. The lowest BCUT2D eigenvalue weighted by Crippen LogP contribution is -2.04. The van der Waals surface area contributed by atoms with Crippen LogP contribution in [-0.2, 0) is 6.42 Å². The minimum atomic E-state index is -0.532. The lowest BCUT2D eigenvalue weighted by molar-refractivity contribution is 0.214. The molecular weight excluding hydrogens is 376 g/mol. The number of methoxy groups -OCH3 is 3. The Hall–Kier alpha value is -2.98. The smallest absolute Gasteiger partial charge is 0.203 e. The Morgan fingerprint density at radius 2 is 1.53 bits per heavy atom. The van der Waals surface area contributed by atoms with Crippen LogP contribution in [0.3, 0.4) is 0 Å². The number of fused-ring (bicyclic) bond motifs is 2. The monoisotopic (exact) mass is 406 g/mol. The van der Waals surface area contributed by atoms with Crippen LogP contribution in [0.5, 0.6) is 17.2 Å². The van der Waals surface area contributed by atoms with Gasteiger partial charge < -0.3 is 19.3 Å². The van der Waals surface area contributed by atoms with E-state index >= 15 is 0 Å². The molecule has 3 aromatic rings. The molecule has 0 spiro atoms. The molecule has 0 saturated carbocycles. The molecule has 0 heterocycles. The minimum absolute atomic E-state index is 0.532. The molecule has 1 aliphatic rings. The largest absolute Gasteiger partial charge is 0.493 e. The molecule has 0 aromatic heterocycles. The van der Waals surface area contributed by atoms with Gasteiger partial charge in [0, 0.05) is 5.56 Å². The Labute approximate surface area is 178 Å². The number of aliphatic hydroxyl groups excluding tert-OH is 1. The highest BCUT2D eigenvalue weighted by molar-refractivity contribution is 5.91. The summed E-state index contributed by atoms with van der Waals surface area (Å²) >= 11 is 0. The van der Waals surface area contributed by atoms with Crippen LogP contribution in [0.15, 0.2) is 54.6 Å². The Bertz CT molecular complexity index is 1050. The van der Waals surface area contributed by atoms with Crippen molar-refractivity contribution in [3.63, 3.8) is 0 Å². The maximum absolute atomic E-state index is 10.5. The molecule has 1 atom stereocenters. The van der Waals surface area contributed by atoms with E-state index in [4.69, 9.17) is 14.2 Å². The van der Waals surface area contributed by atoms with Gasteiger partial charge in [-0.1, -0.05) is 50.2 Å². The molecule has 0 radical (unpaired) electrons. The highest BCUT2D eigenvalue weighted by atomic mass is 16.5. The average molecular weight is 407 g/mol. The SMILES string of the molecule is CC.COc1cc2c(c(OC)c1OC)CCC(O)C=C2c1ccc2ccccc2c1. The molecule has 4 heteroatoms. The highest BCUT2D eigenvalue weighted by Gasteiger charge is 2.26. The van der Waals surface area contributed by atoms with Gasteiger partial charge in [-0.05, 0) is 58.5 Å². The van der Waals surface area contributed by atoms with E-state index in [1.807, 2.05) is 38.1 Å². The molecule has 3 aromatic carbocycles. The van der Waals surface area contributed by atoms with Crippen LogP contribution in [0.25, 0.3) is 16.3 Å². The molecule has 30 heavy (non-hydrogen) atoms. The molecule has 158 valence electrons. The summed E-state index contributed by atoms with van der Waals surface area (Å²) in [5, 5.41) is 12.9. The van der Waals surface area contributed by atoms with E-state index in [-0.39, 0.29) is 0 Å². The minimum Gasteiger partial charge on any atom is -0.493 e. The summed E-state index contributed by atoms with van der Waals surface area (Å²) in [5.41, 5.74) is 4.05. The van der Waals surface area contributed by atoms with Crippen molar-refractivity contribution >= 4 is 16.3 Å². The molecule has 1 unspecified atom stereocenters. The van der Waals surface area contributed by atoms with Crippen molar-refractivity contribution in [3.8, 4) is 17.2 Å². The zero-order chi connectivity index (χ0) is 21.7. The van der Waals surface area contributed by atoms with E-state index in [2.05, 4.69) is 30.3 Å². The lowest BCUT2D eigenvalue weighted by Gasteiger charge is -2.20. The van der Waals surface area contributed by atoms with Crippen molar-refractivity contribution in [2.75, 3.05) is 21.3 Å². The summed E-state index contributed by atoms with van der Waals surface area (Å²) in [6.07, 6.45) is 2.71. The number of benzene rings is 3. The average Bonchev–Trinajstić information content (AvgIpc) is 2.97. The van der Waals surface area contributed by atoms with E-state index in [1.165, 1.54) is 5.39 Å². The second kappa shape index (κ2) is 9.68. The van der Waals surface area contributed by atoms with Gasteiger partial charge in [-0.3, -0.25) is 0 Å². The predicted octanol–water partition coefficient (Wildman–Crippen LogP) is 5.63. The van der Waals surface area contributed by atoms with Crippen molar-refractivity contribution in [2.45, 2.75) is 32.8 Å². The first-order valence-electron chi connectivity index (χ1n) is 10.4. The van der Waals surface area contributed by atoms with Crippen molar-refractivity contribution in [2.24, 2.45) is 0 Å². The third-order valence-electron chi connectivity index (χ3n) is 5.33. The van der Waals surface area contributed by atoms with Gasteiger partial charge in [0.05, 0.1) is 27.4 Å². The zero-order valence-electron chi connectivity index (χ0n) is 18.4. The summed E-state index contributed by atoms with van der Waals surface area (Å²) in [6, 6.07) is 16.6. The summed E-state index contributed by atoms with van der Waals surface area (Å²) in [4.78, 5) is 0. The number of aliphatic hydroxyl groups is 1. The van der Waals surface area contributed by atoms with E-state index in [0.717, 1.165) is 27.6 Å². The van der Waals surface area contributed by atoms with Gasteiger partial charge in [-0.25, -0.2) is 0 Å². The first kappa shape index (κ1) is 21.7. The summed E-state index contributed by atoms with van der Waals surface area (Å²) in [7, 11) is 4.87. The lowest BCUT2D eigenvalue weighted by atomic mass is 9.91. The Balaban J connectivity index is 0.00000124. The second-order valence-electron chi connectivity index (χ2n) is 6.92. The first-order valence-corrected chi connectivity index (χ1v) is 10.4. The van der Waals surface area contributed by atoms with Crippen LogP contribution in [0.1, 0.15) is 37.0 Å². The van der Waals surface area contributed by atoms with Gasteiger partial charge in [0.1, 0.15) is 0 Å². The number of ether oxygens (including phenoxy) is 3. The molecule has 1 N–H and O–H groups in total. The maximum atomic E-state index is 10.5. The maximum Gasteiger partial charge on any atom is 0.203 e. The fourth-order valence-corrected chi connectivity index (χ4v) is 3.97. The van der Waals surface area contributed by atoms with Crippen LogP contribution in [0.2, 0.25) is 0 Å². The van der Waals surface area contributed by atoms with Crippen LogP contribution in [0.4, 0.5) is 0 Å². The number of hydrogen-bond acceptors (Lipinski definition) is 4. The molecule has 4 nitrogen and oxygen atoms in total. The molecule has 0 aliphatic heterocycles. The van der Waals surface area contributed by atoms with E-state index in [9.17, 15) is 5.11 Å². The number of rotatable bonds is 4. The summed E-state index contributed by atoms with van der Waals surface area (Å²) in [6.45, 7) is 4.00. The van der Waals surface area contributed by atoms with Crippen LogP contribution < -0.4 is 14.2 Å². The van der Waals surface area contributed by atoms with Gasteiger partial charge in [-0.2, -0.15) is 0 Å². The summed E-state index contributed by atoms with van der Waals surface area (Å²) < 4.78 is 16.8. The van der Waals surface area contributed by atoms with E-state index < -0.39 is 6.10 Å². The van der Waals surface area contributed by atoms with E-state index in [0.29, 0.717) is 30.1 Å². The molecule has 4 rings (SSSR count). The Kier molecular flexibility index (Phi) is 7.01. The van der Waals surface area contributed by atoms with Gasteiger partial charge in [0.25, 0.3) is 0 Å². The van der Waals surface area contributed by atoms with Crippen molar-refractivity contribution in [1.29, 1.82) is 0 Å². The second-order valence-corrected chi connectivity index (χ2v) is 6.92. The van der Waals surface area contributed by atoms with Crippen molar-refractivity contribution in [1.82, 2.24) is 0 Å². The fourth-order valence-electron chi connectivity index (χ4n) is 3.97. The third kappa shape index (κ3) is 4.01. The molecule has 0 amide bonds. The normalized spacial score (nSPS) is 15.3. The van der Waals surface area contributed by atoms with Gasteiger partial charge >= 0.3 is 0 Å². The Morgan fingerprint density at radius 3 is 2.20 bits per heavy atom. The third-order valence-corrected chi connectivity index (χ3v) is 5.33. The topological polar surface area (TPSA) is 47.9 Å². The van der Waals surface area contributed by atoms with Crippen LogP contribution >= 0.6 is 0 Å². The molecule has 0 bridgehead atoms. The fraction of sp³-hybridized carbons (Fsp3) is 0.308. The molecule has 0 saturated heterocycles. The van der Waals surface area contributed by atoms with Gasteiger partial charge in [0.2, 0.25) is 5.75 Å². The highest BCUT2D eigenvalue weighted by Crippen LogP contribution is 2.46. The first-order chi connectivity index (χ1) is 14.7. The molecule has 0 fully saturated rings. The Morgan fingerprint density at radius 1 is 0.833 bits per heavy atom. The van der Waals surface area contributed by atoms with Crippen molar-refractivity contribution in [3.05, 3.63) is 71.3 Å². The van der Waals surface area contributed by atoms with Gasteiger partial charge in [0.15, 0.2) is 11.5 Å². The predicted molar refractivity (Wildman–Crippen MR) is 123 cm³/mol. The molecule has 1 aliphatic carbocycles. The quantitative estimate of drug-likeness (QED) is 0.610. The van der Waals surface area contributed by atoms with E-state index in [1.54, 1.807) is 21.3 Å². The van der Waals surface area contributed by atoms with Crippen molar-refractivity contribution < 1.29 is 19.3 Å². The number of hydrogen-bond donors (Lipinski definition) is 1. The van der Waals surface area contributed by atoms with Crippen LogP contribution in [0, 0.1) is 0 Å². The van der Waals surface area contributed by atoms with Gasteiger partial charge in [-0.15, -0.1) is 0 Å². The summed E-state index contributed by atoms with van der Waals surface area (Å²) in [5.74, 6) is 1.86.